The topological polar surface area (TPSA) is 74.6 Å². The van der Waals surface area contributed by atoms with Gasteiger partial charge in [-0.1, -0.05) is 0 Å². The Labute approximate surface area is 98.0 Å². The second kappa shape index (κ2) is 11.7. The molecule has 0 fully saturated rings. The SMILES string of the molecule is O=C(O)C(=O)O.[BeH2].[CaH2].[Zn]. The normalized spacial score (nSPS) is 4.89. The second-order valence-electron chi connectivity index (χ2n) is 0.610. The zero-order valence-electron chi connectivity index (χ0n) is 3.42. The van der Waals surface area contributed by atoms with Crippen LogP contribution >= 0.6 is 0 Å². The van der Waals surface area contributed by atoms with Crippen molar-refractivity contribution in [2.45, 2.75) is 0 Å². The third kappa shape index (κ3) is 17.6. The smallest absolute Gasteiger partial charge is 0 e. The molecular formula is C2H6BeCaO4Zn. The Morgan fingerprint density at radius 1 is 1.00 bits per heavy atom. The van der Waals surface area contributed by atoms with Crippen molar-refractivity contribution in [2.24, 2.45) is 0 Å². The van der Waals surface area contributed by atoms with Gasteiger partial charge in [0.2, 0.25) is 0 Å². The summed E-state index contributed by atoms with van der Waals surface area (Å²) >= 11 is 0. The van der Waals surface area contributed by atoms with E-state index >= 15 is 0 Å². The Morgan fingerprint density at radius 3 is 1.11 bits per heavy atom. The van der Waals surface area contributed by atoms with Gasteiger partial charge >= 0.3 is 59.8 Å². The Bertz CT molecular complexity index is 84.6. The monoisotopic (exact) mass is 207 g/mol. The maximum atomic E-state index is 9.10. The van der Waals surface area contributed by atoms with E-state index in [-0.39, 0.29) is 67.3 Å². The minimum absolute atomic E-state index is 0. The maximum Gasteiger partial charge on any atom is 0 e. The van der Waals surface area contributed by atoms with E-state index in [4.69, 9.17) is 19.8 Å². The molecule has 4 nitrogen and oxygen atoms in total. The van der Waals surface area contributed by atoms with Crippen molar-refractivity contribution in [3.8, 4) is 0 Å². The van der Waals surface area contributed by atoms with E-state index in [2.05, 4.69) is 0 Å². The molecule has 0 heterocycles. The van der Waals surface area contributed by atoms with Gasteiger partial charge in [0.25, 0.3) is 0 Å². The number of aliphatic carboxylic acids is 2. The van der Waals surface area contributed by atoms with Gasteiger partial charge in [0.05, 0.1) is 0 Å². The summed E-state index contributed by atoms with van der Waals surface area (Å²) in [7, 11) is 0. The van der Waals surface area contributed by atoms with Crippen molar-refractivity contribution in [3.05, 3.63) is 0 Å². The second-order valence-corrected chi connectivity index (χ2v) is 0.610. The molecule has 0 amide bonds. The number of carbonyl (C=O) groups is 2. The predicted octanol–water partition coefficient (Wildman–Crippen LogP) is -2.68. The van der Waals surface area contributed by atoms with Crippen LogP contribution in [-0.4, -0.2) is 70.0 Å². The molecule has 0 aliphatic carbocycles. The summed E-state index contributed by atoms with van der Waals surface area (Å²) in [5, 5.41) is 14.8. The average molecular weight is 209 g/mol. The summed E-state index contributed by atoms with van der Waals surface area (Å²) in [6, 6.07) is 0. The molecule has 0 aromatic heterocycles. The number of carboxylic acids is 2. The minimum Gasteiger partial charge on any atom is 0 e. The fourth-order valence-electron chi connectivity index (χ4n) is 0. The van der Waals surface area contributed by atoms with Crippen molar-refractivity contribution in [1.29, 1.82) is 0 Å². The van der Waals surface area contributed by atoms with Gasteiger partial charge in [0, 0.05) is 19.5 Å². The Kier molecular flexibility index (Phi) is 29.4. The number of hydrogen-bond acceptors (Lipinski definition) is 2. The first-order valence-corrected chi connectivity index (χ1v) is 1.11. The first-order valence-electron chi connectivity index (χ1n) is 1.11. The molecule has 7 heteroatoms. The average Bonchev–Trinajstić information content (AvgIpc) is 1.36. The molecule has 0 aliphatic rings. The molecular weight excluding hydrogens is 202 g/mol. The zero-order valence-corrected chi connectivity index (χ0v) is 6.39. The molecule has 2 N–H and O–H groups in total. The van der Waals surface area contributed by atoms with E-state index in [9.17, 15) is 0 Å². The van der Waals surface area contributed by atoms with Crippen LogP contribution in [0.1, 0.15) is 0 Å². The first-order chi connectivity index (χ1) is 2.64. The largest absolute Gasteiger partial charge is 0 e. The van der Waals surface area contributed by atoms with Crippen LogP contribution in [0.5, 0.6) is 0 Å². The van der Waals surface area contributed by atoms with E-state index in [1.807, 2.05) is 0 Å². The summed E-state index contributed by atoms with van der Waals surface area (Å²) in [6.45, 7) is 0. The summed E-state index contributed by atoms with van der Waals surface area (Å²) in [5.74, 6) is -3.65. The molecule has 0 saturated heterocycles. The fraction of sp³-hybridized carbons (Fsp3) is 0. The zero-order chi connectivity index (χ0) is 5.15. The van der Waals surface area contributed by atoms with Gasteiger partial charge in [-0.15, -0.1) is 0 Å². The maximum absolute atomic E-state index is 9.10. The van der Waals surface area contributed by atoms with Crippen LogP contribution in [-0.2, 0) is 29.1 Å². The summed E-state index contributed by atoms with van der Waals surface area (Å²) in [6.07, 6.45) is 0. The molecule has 0 spiro atoms. The van der Waals surface area contributed by atoms with E-state index in [0.29, 0.717) is 0 Å². The molecule has 0 atom stereocenters. The molecule has 0 aromatic carbocycles. The Balaban J connectivity index is -0.0000000417. The molecule has 44 valence electrons. The van der Waals surface area contributed by atoms with E-state index in [1.54, 1.807) is 0 Å². The van der Waals surface area contributed by atoms with Crippen LogP contribution in [0.25, 0.3) is 0 Å². The van der Waals surface area contributed by atoms with E-state index < -0.39 is 11.9 Å². The van der Waals surface area contributed by atoms with Crippen molar-refractivity contribution >= 4 is 59.8 Å². The van der Waals surface area contributed by atoms with Crippen LogP contribution in [0.2, 0.25) is 0 Å². The molecule has 0 unspecified atom stereocenters. The molecule has 0 aromatic rings. The van der Waals surface area contributed by atoms with Crippen LogP contribution in [0.15, 0.2) is 0 Å². The predicted molar refractivity (Wildman–Crippen MR) is 32.4 cm³/mol. The van der Waals surface area contributed by atoms with Gasteiger partial charge in [0.15, 0.2) is 0 Å². The first kappa shape index (κ1) is 22.5. The van der Waals surface area contributed by atoms with E-state index in [0.717, 1.165) is 0 Å². The molecule has 9 heavy (non-hydrogen) atoms. The van der Waals surface area contributed by atoms with Crippen molar-refractivity contribution in [1.82, 2.24) is 0 Å². The van der Waals surface area contributed by atoms with Gasteiger partial charge in [-0.25, -0.2) is 9.59 Å². The third-order valence-electron chi connectivity index (χ3n) is 0.183. The molecule has 0 bridgehead atoms. The Morgan fingerprint density at radius 2 is 1.11 bits per heavy atom. The molecule has 0 saturated carbocycles. The number of rotatable bonds is 0. The standard InChI is InChI=1S/C2H2O4.Be.Ca.Zn.4H/c3-1(4)2(5)6;;;;;;;/h(H,3,4)(H,5,6);;;;;;;. The number of hydrogen-bond donors (Lipinski definition) is 2. The summed E-state index contributed by atoms with van der Waals surface area (Å²) in [4.78, 5) is 18.2. The van der Waals surface area contributed by atoms with Crippen LogP contribution < -0.4 is 0 Å². The molecule has 0 aliphatic heterocycles. The van der Waals surface area contributed by atoms with Crippen molar-refractivity contribution < 1.29 is 39.3 Å². The summed E-state index contributed by atoms with van der Waals surface area (Å²) < 4.78 is 0. The van der Waals surface area contributed by atoms with Gasteiger partial charge in [-0.3, -0.25) is 0 Å². The molecule has 0 radical (unpaired) electrons. The van der Waals surface area contributed by atoms with E-state index in [1.165, 1.54) is 0 Å². The van der Waals surface area contributed by atoms with Crippen LogP contribution in [0, 0.1) is 0 Å². The third-order valence-corrected chi connectivity index (χ3v) is 0.183. The van der Waals surface area contributed by atoms with Crippen LogP contribution in [0.3, 0.4) is 0 Å². The molecule has 0 rings (SSSR count). The summed E-state index contributed by atoms with van der Waals surface area (Å²) in [5.41, 5.74) is 0. The van der Waals surface area contributed by atoms with Crippen molar-refractivity contribution in [2.75, 3.05) is 0 Å². The fourth-order valence-corrected chi connectivity index (χ4v) is 0. The number of carboxylic acid groups (broad SMARTS) is 2. The van der Waals surface area contributed by atoms with Gasteiger partial charge in [0.1, 0.15) is 0 Å². The van der Waals surface area contributed by atoms with Gasteiger partial charge in [-0.05, 0) is 0 Å². The minimum atomic E-state index is -1.82. The van der Waals surface area contributed by atoms with Gasteiger partial charge < -0.3 is 10.2 Å². The Hall–Kier alpha value is 0.992. The van der Waals surface area contributed by atoms with Crippen LogP contribution in [0.4, 0.5) is 0 Å². The van der Waals surface area contributed by atoms with Gasteiger partial charge in [-0.2, -0.15) is 0 Å². The quantitative estimate of drug-likeness (QED) is 0.336. The van der Waals surface area contributed by atoms with Crippen molar-refractivity contribution in [3.63, 3.8) is 0 Å².